The van der Waals surface area contributed by atoms with Crippen LogP contribution >= 0.6 is 7.82 Å². The molecule has 0 bridgehead atoms. The Hall–Kier alpha value is -2.44. The van der Waals surface area contributed by atoms with Gasteiger partial charge in [0.15, 0.2) is 17.4 Å². The van der Waals surface area contributed by atoms with Gasteiger partial charge in [-0.2, -0.15) is 0 Å². The number of imidazole rings is 1. The molecule has 3 aromatic rings. The SMILES string of the molecule is O=c1[nH]c(Cc2ccccc2)nc2c1ncn2C1O[C@@H](COP(=O)(O)O)[C@H](O)[C@@H]1O. The van der Waals surface area contributed by atoms with Gasteiger partial charge in [-0.1, -0.05) is 30.3 Å². The van der Waals surface area contributed by atoms with E-state index >= 15 is 0 Å². The maximum Gasteiger partial charge on any atom is 0.469 e. The van der Waals surface area contributed by atoms with Crippen LogP contribution in [0.3, 0.4) is 0 Å². The number of ether oxygens (including phenoxy) is 1. The van der Waals surface area contributed by atoms with Crippen LogP contribution in [-0.2, 0) is 20.2 Å². The molecule has 1 saturated heterocycles. The van der Waals surface area contributed by atoms with Crippen LogP contribution in [0.2, 0.25) is 0 Å². The number of aliphatic hydroxyl groups excluding tert-OH is 2. The number of benzene rings is 1. The van der Waals surface area contributed by atoms with Gasteiger partial charge in [-0.3, -0.25) is 13.9 Å². The molecule has 1 aromatic carbocycles. The Bertz CT molecular complexity index is 1140. The van der Waals surface area contributed by atoms with Gasteiger partial charge in [0.1, 0.15) is 24.1 Å². The summed E-state index contributed by atoms with van der Waals surface area (Å²) in [4.78, 5) is 41.2. The van der Waals surface area contributed by atoms with Crippen molar-refractivity contribution in [2.24, 2.45) is 0 Å². The Kier molecular flexibility index (Phi) is 5.55. The van der Waals surface area contributed by atoms with E-state index in [1.54, 1.807) is 0 Å². The van der Waals surface area contributed by atoms with Crippen molar-refractivity contribution in [3.63, 3.8) is 0 Å². The Labute approximate surface area is 169 Å². The van der Waals surface area contributed by atoms with E-state index in [-0.39, 0.29) is 11.2 Å². The molecule has 0 spiro atoms. The van der Waals surface area contributed by atoms with E-state index in [0.717, 1.165) is 5.56 Å². The molecule has 0 aliphatic carbocycles. The maximum atomic E-state index is 12.4. The molecule has 1 aliphatic heterocycles. The molecule has 12 nitrogen and oxygen atoms in total. The van der Waals surface area contributed by atoms with Crippen molar-refractivity contribution in [1.29, 1.82) is 0 Å². The number of nitrogens with one attached hydrogen (secondary N) is 1. The summed E-state index contributed by atoms with van der Waals surface area (Å²) in [5.74, 6) is 0.370. The van der Waals surface area contributed by atoms with Crippen molar-refractivity contribution < 1.29 is 33.8 Å². The second-order valence-electron chi connectivity index (χ2n) is 6.83. The van der Waals surface area contributed by atoms with E-state index in [0.29, 0.717) is 12.2 Å². The first-order chi connectivity index (χ1) is 14.2. The van der Waals surface area contributed by atoms with Crippen molar-refractivity contribution in [1.82, 2.24) is 19.5 Å². The molecule has 4 atom stereocenters. The standard InChI is InChI=1S/C17H19N4O8P/c22-13-10(7-28-30(25,26)27)29-17(14(13)23)21-8-18-12-15(21)19-11(20-16(12)24)6-9-4-2-1-3-5-9/h1-5,8,10,13-14,17,22-23H,6-7H2,(H,19,20,24)(H2,25,26,27)/t10-,13-,14-,17?/m0/s1. The molecule has 1 aliphatic rings. The maximum absolute atomic E-state index is 12.4. The zero-order valence-corrected chi connectivity index (χ0v) is 16.3. The average molecular weight is 438 g/mol. The zero-order chi connectivity index (χ0) is 21.5. The predicted molar refractivity (Wildman–Crippen MR) is 101 cm³/mol. The number of rotatable bonds is 6. The number of fused-ring (bicyclic) bond motifs is 1. The van der Waals surface area contributed by atoms with Gasteiger partial charge in [0, 0.05) is 6.42 Å². The minimum atomic E-state index is -4.78. The predicted octanol–water partition coefficient (Wildman–Crippen LogP) is -0.561. The molecule has 0 saturated carbocycles. The Morgan fingerprint density at radius 3 is 2.63 bits per heavy atom. The van der Waals surface area contributed by atoms with Crippen LogP contribution in [0.4, 0.5) is 0 Å². The molecule has 160 valence electrons. The van der Waals surface area contributed by atoms with E-state index in [1.165, 1.54) is 10.9 Å². The summed E-state index contributed by atoms with van der Waals surface area (Å²) in [6, 6.07) is 9.36. The van der Waals surface area contributed by atoms with Crippen LogP contribution in [0.25, 0.3) is 11.2 Å². The van der Waals surface area contributed by atoms with Crippen LogP contribution in [0, 0.1) is 0 Å². The van der Waals surface area contributed by atoms with Gasteiger partial charge in [0.2, 0.25) is 0 Å². The minimum absolute atomic E-state index is 0.0204. The fourth-order valence-corrected chi connectivity index (χ4v) is 3.64. The van der Waals surface area contributed by atoms with Crippen molar-refractivity contribution in [3.8, 4) is 0 Å². The molecular formula is C17H19N4O8P. The van der Waals surface area contributed by atoms with Crippen molar-refractivity contribution >= 4 is 19.0 Å². The molecule has 30 heavy (non-hydrogen) atoms. The van der Waals surface area contributed by atoms with Gasteiger partial charge >= 0.3 is 7.82 Å². The van der Waals surface area contributed by atoms with Crippen molar-refractivity contribution in [2.45, 2.75) is 31.0 Å². The van der Waals surface area contributed by atoms with Gasteiger partial charge in [-0.25, -0.2) is 14.5 Å². The van der Waals surface area contributed by atoms with Crippen molar-refractivity contribution in [3.05, 3.63) is 58.4 Å². The molecule has 1 unspecified atom stereocenters. The van der Waals surface area contributed by atoms with Gasteiger partial charge in [0.25, 0.3) is 5.56 Å². The topological polar surface area (TPSA) is 180 Å². The number of phosphoric ester groups is 1. The number of phosphoric acid groups is 1. The first kappa shape index (κ1) is 20.8. The summed E-state index contributed by atoms with van der Waals surface area (Å²) < 4.78 is 22.1. The lowest BCUT2D eigenvalue weighted by Gasteiger charge is -2.16. The van der Waals surface area contributed by atoms with E-state index in [9.17, 15) is 19.6 Å². The summed E-state index contributed by atoms with van der Waals surface area (Å²) in [6.45, 7) is -0.640. The number of aliphatic hydroxyl groups is 2. The number of H-pyrrole nitrogens is 1. The average Bonchev–Trinajstić information content (AvgIpc) is 3.22. The highest BCUT2D eigenvalue weighted by molar-refractivity contribution is 7.46. The van der Waals surface area contributed by atoms with E-state index in [4.69, 9.17) is 14.5 Å². The number of hydrogen-bond acceptors (Lipinski definition) is 8. The summed E-state index contributed by atoms with van der Waals surface area (Å²) in [5.41, 5.74) is 0.608. The quantitative estimate of drug-likeness (QED) is 0.313. The minimum Gasteiger partial charge on any atom is -0.387 e. The molecule has 2 aromatic heterocycles. The third-order valence-electron chi connectivity index (χ3n) is 4.71. The highest BCUT2D eigenvalue weighted by Crippen LogP contribution is 2.38. The number of hydrogen-bond donors (Lipinski definition) is 5. The Morgan fingerprint density at radius 2 is 1.93 bits per heavy atom. The summed E-state index contributed by atoms with van der Waals surface area (Å²) >= 11 is 0. The second-order valence-corrected chi connectivity index (χ2v) is 8.07. The van der Waals surface area contributed by atoms with Gasteiger partial charge < -0.3 is 29.7 Å². The highest BCUT2D eigenvalue weighted by atomic mass is 31.2. The third-order valence-corrected chi connectivity index (χ3v) is 5.20. The largest absolute Gasteiger partial charge is 0.469 e. The van der Waals surface area contributed by atoms with Crippen LogP contribution in [0.1, 0.15) is 17.6 Å². The molecule has 3 heterocycles. The lowest BCUT2D eigenvalue weighted by molar-refractivity contribution is -0.0504. The number of aromatic amines is 1. The lowest BCUT2D eigenvalue weighted by Crippen LogP contribution is -2.33. The van der Waals surface area contributed by atoms with E-state index in [1.807, 2.05) is 30.3 Å². The lowest BCUT2D eigenvalue weighted by atomic mass is 10.1. The van der Waals surface area contributed by atoms with Gasteiger partial charge in [0.05, 0.1) is 12.9 Å². The van der Waals surface area contributed by atoms with Crippen LogP contribution < -0.4 is 5.56 Å². The molecule has 4 rings (SSSR count). The number of aromatic nitrogens is 4. The van der Waals surface area contributed by atoms with E-state index < -0.39 is 44.5 Å². The molecular weight excluding hydrogens is 419 g/mol. The molecule has 0 amide bonds. The van der Waals surface area contributed by atoms with Gasteiger partial charge in [-0.05, 0) is 5.56 Å². The molecule has 5 N–H and O–H groups in total. The first-order valence-corrected chi connectivity index (χ1v) is 10.5. The fraction of sp³-hybridized carbons (Fsp3) is 0.353. The second kappa shape index (κ2) is 8.00. The monoisotopic (exact) mass is 438 g/mol. The summed E-state index contributed by atoms with van der Waals surface area (Å²) in [7, 11) is -4.78. The van der Waals surface area contributed by atoms with Gasteiger partial charge in [-0.15, -0.1) is 0 Å². The first-order valence-electron chi connectivity index (χ1n) is 8.94. The van der Waals surface area contributed by atoms with Crippen LogP contribution in [0.5, 0.6) is 0 Å². The Balaban J connectivity index is 1.64. The normalized spacial score (nSPS) is 24.5. The Morgan fingerprint density at radius 1 is 1.20 bits per heavy atom. The third kappa shape index (κ3) is 4.20. The fourth-order valence-electron chi connectivity index (χ4n) is 3.30. The summed E-state index contributed by atoms with van der Waals surface area (Å²) in [5, 5.41) is 20.5. The molecule has 0 radical (unpaired) electrons. The van der Waals surface area contributed by atoms with Crippen LogP contribution in [0.15, 0.2) is 41.5 Å². The summed E-state index contributed by atoms with van der Waals surface area (Å²) in [6.07, 6.45) is -3.75. The highest BCUT2D eigenvalue weighted by Gasteiger charge is 2.45. The zero-order valence-electron chi connectivity index (χ0n) is 15.4. The molecule has 13 heteroatoms. The number of nitrogens with zero attached hydrogens (tertiary/aromatic N) is 3. The van der Waals surface area contributed by atoms with Crippen LogP contribution in [-0.4, -0.2) is 64.4 Å². The van der Waals surface area contributed by atoms with E-state index in [2.05, 4.69) is 19.5 Å². The smallest absolute Gasteiger partial charge is 0.387 e. The molecule has 1 fully saturated rings. The van der Waals surface area contributed by atoms with Crippen molar-refractivity contribution in [2.75, 3.05) is 6.61 Å².